The van der Waals surface area contributed by atoms with Crippen molar-refractivity contribution in [2.45, 2.75) is 360 Å². The number of phosphoric acid groups is 2. The summed E-state index contributed by atoms with van der Waals surface area (Å²) in [6.07, 6.45) is 101. The summed E-state index contributed by atoms with van der Waals surface area (Å²) in [7, 11) is -9.79. The second kappa shape index (κ2) is 80.9. The molecule has 5 unspecified atom stereocenters. The molecule has 0 saturated carbocycles. The van der Waals surface area contributed by atoms with Gasteiger partial charge in [-0.05, 0) is 135 Å². The number of carbonyl (C=O) groups is 3. The lowest BCUT2D eigenvalue weighted by Gasteiger charge is -2.21. The van der Waals surface area contributed by atoms with Gasteiger partial charge in [0.1, 0.15) is 25.4 Å². The molecule has 0 aromatic carbocycles. The molecule has 0 fully saturated rings. The molecule has 5 atom stereocenters. The molecule has 0 aliphatic heterocycles. The summed E-state index contributed by atoms with van der Waals surface area (Å²) in [5.74, 6) is -1.59. The topological polar surface area (TPSA) is 231 Å². The second-order valence-corrected chi connectivity index (χ2v) is 30.8. The Balaban J connectivity index is 4.39. The van der Waals surface area contributed by atoms with Crippen LogP contribution in [0, 0.1) is 0 Å². The molecule has 0 spiro atoms. The number of hydrogen-bond donors (Lipinski definition) is 4. The first-order chi connectivity index (χ1) is 52.2. The summed E-state index contributed by atoms with van der Waals surface area (Å²) in [6.45, 7) is 2.41. The van der Waals surface area contributed by atoms with Gasteiger partial charge in [0.2, 0.25) is 0 Å². The zero-order chi connectivity index (χ0) is 78.0. The number of phosphoric ester groups is 2. The number of esters is 3. The Kier molecular flexibility index (Phi) is 77.5. The van der Waals surface area contributed by atoms with Crippen molar-refractivity contribution < 1.29 is 75.8 Å². The van der Waals surface area contributed by atoms with Crippen LogP contribution in [0.25, 0.3) is 0 Å². The fraction of sp³-hybridized carbons (Fsp3) is 0.697. The molecule has 614 valence electrons. The molecule has 0 aromatic rings. The average Bonchev–Trinajstić information content (AvgIpc) is 0.905. The Hall–Kier alpha value is -4.57. The van der Waals surface area contributed by atoms with Gasteiger partial charge in [0, 0.05) is 19.3 Å². The van der Waals surface area contributed by atoms with Crippen molar-refractivity contribution >= 4 is 33.6 Å². The maximum atomic E-state index is 12.9. The van der Waals surface area contributed by atoms with Gasteiger partial charge in [-0.15, -0.1) is 0 Å². The Bertz CT molecular complexity index is 2530. The summed E-state index contributed by atoms with van der Waals surface area (Å²) in [5, 5.41) is 20.6. The van der Waals surface area contributed by atoms with Crippen LogP contribution in [-0.2, 0) is 55.8 Å². The van der Waals surface area contributed by atoms with E-state index in [1.165, 1.54) is 116 Å². The summed E-state index contributed by atoms with van der Waals surface area (Å²) in [6, 6.07) is 0. The predicted molar refractivity (Wildman–Crippen MR) is 445 cm³/mol. The molecule has 0 aliphatic carbocycles. The molecule has 18 heteroatoms. The van der Waals surface area contributed by atoms with Crippen molar-refractivity contribution in [2.24, 2.45) is 0 Å². The molecular formula is C89H152O16P2. The molecule has 0 heterocycles. The molecule has 16 nitrogen and oxygen atoms in total. The number of ether oxygens (including phenoxy) is 3. The van der Waals surface area contributed by atoms with Crippen LogP contribution in [0.2, 0.25) is 0 Å². The van der Waals surface area contributed by atoms with E-state index in [1.807, 2.05) is 0 Å². The van der Waals surface area contributed by atoms with Gasteiger partial charge in [-0.3, -0.25) is 32.5 Å². The van der Waals surface area contributed by atoms with E-state index in [4.69, 9.17) is 32.3 Å². The van der Waals surface area contributed by atoms with Crippen LogP contribution in [0.15, 0.2) is 146 Å². The number of aliphatic hydroxyl groups excluding tert-OH is 2. The Labute approximate surface area is 651 Å². The first-order valence-electron chi connectivity index (χ1n) is 42.1. The van der Waals surface area contributed by atoms with E-state index in [9.17, 15) is 43.5 Å². The van der Waals surface area contributed by atoms with Crippen LogP contribution < -0.4 is 0 Å². The van der Waals surface area contributed by atoms with Gasteiger partial charge in [-0.2, -0.15) is 0 Å². The maximum absolute atomic E-state index is 12.9. The minimum atomic E-state index is -4.93. The van der Waals surface area contributed by atoms with Crippen molar-refractivity contribution in [3.63, 3.8) is 0 Å². The van der Waals surface area contributed by atoms with Crippen molar-refractivity contribution in [2.75, 3.05) is 39.6 Å². The molecule has 0 aliphatic rings. The van der Waals surface area contributed by atoms with Gasteiger partial charge in [0.05, 0.1) is 26.4 Å². The summed E-state index contributed by atoms with van der Waals surface area (Å²) < 4.78 is 61.1. The van der Waals surface area contributed by atoms with Gasteiger partial charge >= 0.3 is 33.6 Å². The molecule has 0 radical (unpaired) electrons. The summed E-state index contributed by atoms with van der Waals surface area (Å²) in [4.78, 5) is 58.6. The third-order valence-corrected chi connectivity index (χ3v) is 19.4. The van der Waals surface area contributed by atoms with Crippen molar-refractivity contribution in [3.05, 3.63) is 146 Å². The largest absolute Gasteiger partial charge is 0.472 e. The lowest BCUT2D eigenvalue weighted by molar-refractivity contribution is -0.161. The van der Waals surface area contributed by atoms with Crippen molar-refractivity contribution in [3.8, 4) is 0 Å². The fourth-order valence-electron chi connectivity index (χ4n) is 11.2. The highest BCUT2D eigenvalue weighted by atomic mass is 31.2. The molecule has 107 heavy (non-hydrogen) atoms. The number of aliphatic hydroxyl groups is 2. The van der Waals surface area contributed by atoms with Crippen LogP contribution >= 0.6 is 15.6 Å². The quantitative estimate of drug-likeness (QED) is 0.0146. The smallest absolute Gasteiger partial charge is 0.463 e. The normalized spacial score (nSPS) is 14.6. The molecule has 0 bridgehead atoms. The van der Waals surface area contributed by atoms with Gasteiger partial charge in [0.25, 0.3) is 0 Å². The SMILES string of the molecule is CC/C=C\C/C=C\C/C=C\C/C=C\C/C=C\C/C=C\CCCCCCCCCCC(=O)OCC(COP(=O)(O)OCC(O)COP(=O)(O)OCC(O)COC(=O)CCCCCCCCCCCCCCCCCCC/C=C\C/C=C\C/C=C\C/C=C\C/C=C\CC)OC(=O)CCCCCCC/C=C\CCCC. The van der Waals surface area contributed by atoms with Gasteiger partial charge in [-0.1, -0.05) is 334 Å². The fourth-order valence-corrected chi connectivity index (χ4v) is 12.8. The number of rotatable bonds is 79. The average molecular weight is 1540 g/mol. The lowest BCUT2D eigenvalue weighted by atomic mass is 10.0. The highest BCUT2D eigenvalue weighted by Gasteiger charge is 2.29. The molecule has 0 amide bonds. The highest BCUT2D eigenvalue weighted by Crippen LogP contribution is 2.45. The monoisotopic (exact) mass is 1540 g/mol. The van der Waals surface area contributed by atoms with E-state index in [1.54, 1.807) is 0 Å². The lowest BCUT2D eigenvalue weighted by Crippen LogP contribution is -2.30. The predicted octanol–water partition coefficient (Wildman–Crippen LogP) is 25.2. The molecule has 0 saturated heterocycles. The number of carbonyl (C=O) groups excluding carboxylic acids is 3. The van der Waals surface area contributed by atoms with E-state index < -0.39 is 91.5 Å². The second-order valence-electron chi connectivity index (χ2n) is 27.9. The zero-order valence-electron chi connectivity index (χ0n) is 67.3. The molecule has 0 aromatic heterocycles. The van der Waals surface area contributed by atoms with E-state index in [-0.39, 0.29) is 19.3 Å². The maximum Gasteiger partial charge on any atom is 0.472 e. The van der Waals surface area contributed by atoms with E-state index in [0.29, 0.717) is 19.3 Å². The third kappa shape index (κ3) is 82.2. The zero-order valence-corrected chi connectivity index (χ0v) is 69.1. The van der Waals surface area contributed by atoms with Gasteiger partial charge in [-0.25, -0.2) is 9.13 Å². The van der Waals surface area contributed by atoms with E-state index in [0.717, 1.165) is 167 Å². The van der Waals surface area contributed by atoms with Crippen LogP contribution in [0.4, 0.5) is 0 Å². The van der Waals surface area contributed by atoms with Crippen molar-refractivity contribution in [1.29, 1.82) is 0 Å². The molecular weight excluding hydrogens is 1390 g/mol. The van der Waals surface area contributed by atoms with Gasteiger partial charge < -0.3 is 34.2 Å². The van der Waals surface area contributed by atoms with E-state index >= 15 is 0 Å². The van der Waals surface area contributed by atoms with Gasteiger partial charge in [0.15, 0.2) is 6.10 Å². The van der Waals surface area contributed by atoms with Crippen LogP contribution in [0.3, 0.4) is 0 Å². The highest BCUT2D eigenvalue weighted by molar-refractivity contribution is 7.47. The number of hydrogen-bond acceptors (Lipinski definition) is 14. The van der Waals surface area contributed by atoms with Crippen LogP contribution in [-0.4, -0.2) is 95.9 Å². The number of unbranched alkanes of at least 4 members (excludes halogenated alkanes) is 32. The van der Waals surface area contributed by atoms with Crippen LogP contribution in [0.5, 0.6) is 0 Å². The number of allylic oxidation sites excluding steroid dienone is 24. The first-order valence-corrected chi connectivity index (χ1v) is 45.1. The molecule has 0 rings (SSSR count). The Morgan fingerprint density at radius 3 is 0.794 bits per heavy atom. The molecule has 4 N–H and O–H groups in total. The standard InChI is InChI=1S/C89H152O16P2/c1-4-7-10-13-16-19-22-24-26-28-30-32-34-36-38-39-40-41-42-43-45-47-48-50-52-54-56-58-61-63-66-69-72-75-87(92)99-78-84(90)79-101-106(95,96)102-80-85(91)81-103-107(97,98)104-83-86(105-89(94)77-74-71-68-65-60-21-18-15-12-9-6-3)82-100-88(93)76-73-70-67-64-62-59-57-55-53-51-49-46-44-37-35-33-31-29-27-25-23-20-17-14-11-8-5-2/h7-8,10-11,15-20,24-27,30-33,36-38,44,49,51,84-86,90-91H,4-6,9,12-14,21-23,28-29,34-35,39-43,45-48,50,52-83H2,1-3H3,(H,95,96)(H,97,98)/b10-7-,11-8-,18-15-,19-16-,20-17-,26-24-,27-25-,32-30-,33-31-,38-36-,44-37-,51-49-. The summed E-state index contributed by atoms with van der Waals surface area (Å²) in [5.41, 5.74) is 0. The third-order valence-electron chi connectivity index (χ3n) is 17.5. The van der Waals surface area contributed by atoms with Crippen LogP contribution in [0.1, 0.15) is 342 Å². The Morgan fingerprint density at radius 1 is 0.271 bits per heavy atom. The first kappa shape index (κ1) is 102. The minimum Gasteiger partial charge on any atom is -0.463 e. The minimum absolute atomic E-state index is 0.0898. The van der Waals surface area contributed by atoms with Crippen molar-refractivity contribution in [1.82, 2.24) is 0 Å². The summed E-state index contributed by atoms with van der Waals surface area (Å²) >= 11 is 0. The van der Waals surface area contributed by atoms with E-state index in [2.05, 4.69) is 167 Å². The Morgan fingerprint density at radius 2 is 0.495 bits per heavy atom.